The largest absolute Gasteiger partial charge is 1.00 e. The van der Waals surface area contributed by atoms with Crippen molar-refractivity contribution in [3.63, 3.8) is 0 Å². The van der Waals surface area contributed by atoms with Gasteiger partial charge in [0.2, 0.25) is 5.28 Å². The number of fused-ring (bicyclic) bond motifs is 4. The van der Waals surface area contributed by atoms with Gasteiger partial charge in [0.05, 0.1) is 67.5 Å². The van der Waals surface area contributed by atoms with Gasteiger partial charge in [-0.2, -0.15) is 34.2 Å². The summed E-state index contributed by atoms with van der Waals surface area (Å²) < 4.78 is 21.2. The van der Waals surface area contributed by atoms with Gasteiger partial charge in [-0.1, -0.05) is 39.1 Å². The van der Waals surface area contributed by atoms with Crippen LogP contribution >= 0.6 is 260 Å². The van der Waals surface area contributed by atoms with Gasteiger partial charge < -0.3 is 53.8 Å². The first-order chi connectivity index (χ1) is 54.3. The number of piperidine rings is 2. The fourth-order valence-corrected chi connectivity index (χ4v) is 421. The average Bonchev–Trinajstić information content (AvgIpc) is 1.52. The molecule has 114 heavy (non-hydrogen) atoms. The summed E-state index contributed by atoms with van der Waals surface area (Å²) >= 11 is 6.43. The van der Waals surface area contributed by atoms with E-state index in [0.29, 0.717) is 12.6 Å². The maximum absolute atomic E-state index is 8.93. The predicted octanol–water partition coefficient (Wildman–Crippen LogP) is 22.8. The van der Waals surface area contributed by atoms with Crippen molar-refractivity contribution < 1.29 is 54.0 Å². The van der Waals surface area contributed by atoms with Crippen LogP contribution in [-0.4, -0.2) is 166 Å². The molecule has 22 atom stereocenters. The number of aryl methyl sites for hydroxylation is 2. The number of aromatic nitrogens is 10. The Hall–Kier alpha value is 7.42. The second-order valence-corrected chi connectivity index (χ2v) is 150. The van der Waals surface area contributed by atoms with E-state index in [2.05, 4.69) is 240 Å². The van der Waals surface area contributed by atoms with Crippen molar-refractivity contribution in [3.05, 3.63) is 88.5 Å². The standard InChI is InChI=1S/C29H36N8O2.C27H31ClN8O.C2H6O.C2H5O.Na.H33P31/c1-3-39-29-30-21-9-6-8-20(2)27(21)28(32-29)36-13-5-4-10-23(36)22-18-25-31-24(34-11-7-12-34)19-26(37(25)33-22)35-14-16-38-17-15-35;1-18-6-4-7-19-25(18)26(31-27(28)29-19)35-11-3-2-8-21(35)20-16-23-30-22(33-9-5-10-33)17-24(36(23)32-20)34-12-14-37-15-13-34;2*1-2-3;;1-17-25(16)29(24(14)15)31(28(22(10)11)23(12)13)30(26(18(2)3)19(4)5)27(20(6)7)21(8)9/h6,8-9,18-19,23H,3-5,7,10-17H2,1-2H3;4,6-7,16-17,21H,2-3,5,8-15H2,1H3;3H,2H2,1H3;2H2,1H3;;17H,1-16H2/q;;;-1;+1;. The first kappa shape index (κ1) is 105. The molecule has 54 heteroatoms. The van der Waals surface area contributed by atoms with Gasteiger partial charge in [-0.05, 0) is 212 Å². The third-order valence-corrected chi connectivity index (χ3v) is 225. The second kappa shape index (κ2) is 52.8. The summed E-state index contributed by atoms with van der Waals surface area (Å²) in [7, 11) is 53.9. The molecular formula is C60H111ClN16NaO5P31. The van der Waals surface area contributed by atoms with E-state index >= 15 is 0 Å². The van der Waals surface area contributed by atoms with Crippen molar-refractivity contribution in [1.29, 1.82) is 0 Å². The molecule has 0 spiro atoms. The van der Waals surface area contributed by atoms with Crippen LogP contribution in [0.2, 0.25) is 5.28 Å². The van der Waals surface area contributed by atoms with Crippen LogP contribution in [0.1, 0.15) is 107 Å². The molecule has 0 amide bonds. The molecule has 6 aliphatic heterocycles. The number of hydrogen-bond acceptors (Lipinski definition) is 19. The molecule has 1 N–H and O–H groups in total. The van der Waals surface area contributed by atoms with Crippen molar-refractivity contribution in [3.8, 4) is 6.01 Å². The van der Waals surface area contributed by atoms with Crippen LogP contribution in [-0.2, 0) is 9.47 Å². The molecule has 6 aliphatic rings. The quantitative estimate of drug-likeness (QED) is 0.0339. The van der Waals surface area contributed by atoms with E-state index in [0.717, 1.165) is 223 Å². The normalized spacial score (nSPS) is 18.5. The number of nitrogens with zero attached hydrogens (tertiary/aromatic N) is 16. The summed E-state index contributed by atoms with van der Waals surface area (Å²) in [6, 6.07) is 21.8. The Labute approximate surface area is 757 Å². The minimum absolute atomic E-state index is 0. The van der Waals surface area contributed by atoms with Crippen molar-refractivity contribution >= 4 is 328 Å². The monoisotopic (exact) mass is 2150 g/mol. The number of halogens is 1. The van der Waals surface area contributed by atoms with Gasteiger partial charge in [0.1, 0.15) is 34.9 Å². The second-order valence-electron chi connectivity index (χ2n) is 26.3. The summed E-state index contributed by atoms with van der Waals surface area (Å²) in [6.45, 7) is 22.5. The number of anilines is 6. The summed E-state index contributed by atoms with van der Waals surface area (Å²) in [5, 5.41) is 29.4. The number of aliphatic hydroxyl groups excluding tert-OH is 1. The molecule has 0 bridgehead atoms. The Morgan fingerprint density at radius 3 is 1.23 bits per heavy atom. The van der Waals surface area contributed by atoms with Gasteiger partial charge in [0, 0.05) is 107 Å². The number of morpholine rings is 2. The van der Waals surface area contributed by atoms with Crippen molar-refractivity contribution in [2.45, 2.75) is 98.1 Å². The summed E-state index contributed by atoms with van der Waals surface area (Å²) in [4.78, 5) is 43.3. The molecule has 0 radical (unpaired) electrons. The fraction of sp³-hybridized carbons (Fsp3) is 0.533. The zero-order valence-corrected chi connectivity index (χ0v) is 100.0. The Morgan fingerprint density at radius 1 is 0.491 bits per heavy atom. The molecule has 12 heterocycles. The van der Waals surface area contributed by atoms with Gasteiger partial charge in [-0.3, -0.25) is 0 Å². The molecule has 0 aliphatic carbocycles. The van der Waals surface area contributed by atoms with Gasteiger partial charge in [-0.25, -0.2) is 15.0 Å². The van der Waals surface area contributed by atoms with Crippen molar-refractivity contribution in [1.82, 2.24) is 49.1 Å². The first-order valence-electron chi connectivity index (χ1n) is 36.7. The number of rotatable bonds is 24. The minimum atomic E-state index is -0.0589. The van der Waals surface area contributed by atoms with Crippen molar-refractivity contribution in [2.24, 2.45) is 0 Å². The SMILES string of the molecule is CCO.CCOc1nc(N2CCCCC2c2cc3nc(N4CCC4)cc(N4CCOCC4)n3n2)c2c(C)cccc2n1.CC[O-].Cc1cccc2nc(Cl)nc(N3CCCCC3c3cc4nc(N5CCC5)cc(N5CCOCC5)n4n3)c12.PPP(P)P(P(P)P)P(P(P(P)P)P(P)P)P(P(P(P)P)P(P)P)P(P(P)P)P(P)P.[Na+]. The summed E-state index contributed by atoms with van der Waals surface area (Å²) in [5.74, 6) is 6.11. The molecule has 21 nitrogen and oxygen atoms in total. The Morgan fingerprint density at radius 2 is 0.868 bits per heavy atom. The molecular weight excluding hydrogens is 2040 g/mol. The van der Waals surface area contributed by atoms with Gasteiger partial charge in [0.15, 0.2) is 11.3 Å². The molecule has 0 saturated carbocycles. The fourth-order valence-electron chi connectivity index (χ4n) is 13.6. The molecule has 6 saturated heterocycles. The maximum Gasteiger partial charge on any atom is 1.00 e. The van der Waals surface area contributed by atoms with Gasteiger partial charge in [0.25, 0.3) is 0 Å². The summed E-state index contributed by atoms with van der Waals surface area (Å²) in [5.41, 5.74) is 7.98. The topological polar surface area (TPSA) is 202 Å². The predicted molar refractivity (Wildman–Crippen MR) is 582 cm³/mol. The van der Waals surface area contributed by atoms with E-state index in [1.165, 1.54) is 18.4 Å². The zero-order chi connectivity index (χ0) is 81.5. The number of benzene rings is 2. The van der Waals surface area contributed by atoms with Gasteiger partial charge in [-0.15, -0.1) is 149 Å². The van der Waals surface area contributed by atoms with Crippen LogP contribution in [0.4, 0.5) is 34.9 Å². The van der Waals surface area contributed by atoms with Crippen LogP contribution in [0.5, 0.6) is 6.01 Å². The molecule has 14 rings (SSSR count). The minimum Gasteiger partial charge on any atom is -0.855 e. The molecule has 624 valence electrons. The molecule has 8 aromatic rings. The Kier molecular flexibility index (Phi) is 48.6. The molecule has 22 unspecified atom stereocenters. The van der Waals surface area contributed by atoms with E-state index in [4.69, 9.17) is 71.1 Å². The smallest absolute Gasteiger partial charge is 0.855 e. The number of hydrogen-bond donors (Lipinski definition) is 1. The Bertz CT molecular complexity index is 4300. The third kappa shape index (κ3) is 27.6. The van der Waals surface area contributed by atoms with Gasteiger partial charge >= 0.3 is 35.6 Å². The van der Waals surface area contributed by atoms with E-state index in [1.54, 1.807) is 13.8 Å². The van der Waals surface area contributed by atoms with E-state index in [-0.39, 0.29) is 158 Å². The van der Waals surface area contributed by atoms with Crippen LogP contribution in [0.25, 0.3) is 33.1 Å². The number of ether oxygens (including phenoxy) is 3. The molecule has 6 aromatic heterocycles. The van der Waals surface area contributed by atoms with Crippen molar-refractivity contribution in [2.75, 3.05) is 141 Å². The maximum atomic E-state index is 8.93. The Balaban J connectivity index is 0.000000190. The third-order valence-electron chi connectivity index (χ3n) is 18.7. The van der Waals surface area contributed by atoms with E-state index in [1.807, 2.05) is 28.1 Å². The van der Waals surface area contributed by atoms with Crippen LogP contribution in [0.15, 0.2) is 60.7 Å². The van der Waals surface area contributed by atoms with Crippen LogP contribution in [0.3, 0.4) is 0 Å². The van der Waals surface area contributed by atoms with Crippen LogP contribution < -0.4 is 68.8 Å². The zero-order valence-electron chi connectivity index (χ0n) is 65.2. The molecule has 2 aromatic carbocycles. The van der Waals surface area contributed by atoms with E-state index < -0.39 is 0 Å². The average molecular weight is 2160 g/mol. The first-order valence-corrected chi connectivity index (χ1v) is 92.9. The summed E-state index contributed by atoms with van der Waals surface area (Å²) in [6.07, 6.45) is 8.97. The van der Waals surface area contributed by atoms with E-state index in [9.17, 15) is 0 Å². The molecule has 6 fully saturated rings. The number of aliphatic hydroxyl groups is 1. The van der Waals surface area contributed by atoms with Crippen LogP contribution in [0, 0.1) is 13.8 Å².